The molecule has 0 aliphatic rings. The fourth-order valence-electron chi connectivity index (χ4n) is 1.71. The van der Waals surface area contributed by atoms with Gasteiger partial charge in [-0.3, -0.25) is 0 Å². The zero-order chi connectivity index (χ0) is 12.7. The summed E-state index contributed by atoms with van der Waals surface area (Å²) in [5.74, 6) is 1.06. The minimum atomic E-state index is 0.279. The Balaban J connectivity index is 2.76. The van der Waals surface area contributed by atoms with Gasteiger partial charge in [-0.15, -0.1) is 0 Å². The molecule has 17 heavy (non-hydrogen) atoms. The molecule has 2 nitrogen and oxygen atoms in total. The maximum atomic E-state index is 6.02. The number of aryl methyl sites for hydroxylation is 1. The predicted octanol–water partition coefficient (Wildman–Crippen LogP) is 3.67. The number of benzene rings is 1. The monoisotopic (exact) mass is 235 g/mol. The average molecular weight is 235 g/mol. The minimum Gasteiger partial charge on any atom is -0.490 e. The lowest BCUT2D eigenvalue weighted by Gasteiger charge is -2.18. The van der Waals surface area contributed by atoms with Crippen molar-refractivity contribution in [2.45, 2.75) is 53.2 Å². The van der Waals surface area contributed by atoms with E-state index in [4.69, 9.17) is 4.74 Å². The van der Waals surface area contributed by atoms with Gasteiger partial charge in [0.2, 0.25) is 0 Å². The molecule has 1 N–H and O–H groups in total. The summed E-state index contributed by atoms with van der Waals surface area (Å²) in [6.07, 6.45) is 2.48. The van der Waals surface area contributed by atoms with Gasteiger partial charge >= 0.3 is 0 Å². The number of hydrogen-bond donors (Lipinski definition) is 1. The molecule has 1 aromatic rings. The topological polar surface area (TPSA) is 21.3 Å². The molecule has 1 rings (SSSR count). The van der Waals surface area contributed by atoms with Crippen LogP contribution in [0.4, 0.5) is 0 Å². The second-order valence-electron chi connectivity index (χ2n) is 4.58. The molecule has 2 heteroatoms. The van der Waals surface area contributed by atoms with Gasteiger partial charge in [-0.1, -0.05) is 32.0 Å². The number of ether oxygens (including phenoxy) is 1. The Kier molecular flexibility index (Phi) is 6.06. The molecule has 0 aliphatic carbocycles. The van der Waals surface area contributed by atoms with Gasteiger partial charge in [0.05, 0.1) is 6.10 Å². The van der Waals surface area contributed by atoms with Gasteiger partial charge in [0.25, 0.3) is 0 Å². The smallest absolute Gasteiger partial charge is 0.127 e. The van der Waals surface area contributed by atoms with E-state index in [0.29, 0.717) is 0 Å². The van der Waals surface area contributed by atoms with E-state index in [1.807, 2.05) is 0 Å². The third-order valence-electron chi connectivity index (χ3n) is 2.93. The molecule has 0 saturated heterocycles. The lowest BCUT2D eigenvalue weighted by Crippen LogP contribution is -2.17. The SMILES string of the molecule is CCCNCc1cccc(C)c1OC(C)CC. The van der Waals surface area contributed by atoms with Crippen LogP contribution in [-0.4, -0.2) is 12.6 Å². The molecule has 1 atom stereocenters. The third kappa shape index (κ3) is 4.39. The summed E-state index contributed by atoms with van der Waals surface area (Å²) in [5.41, 5.74) is 2.49. The standard InChI is InChI=1S/C15H25NO/c1-5-10-16-11-14-9-7-8-12(3)15(14)17-13(4)6-2/h7-9,13,16H,5-6,10-11H2,1-4H3. The highest BCUT2D eigenvalue weighted by Crippen LogP contribution is 2.25. The maximum absolute atomic E-state index is 6.02. The van der Waals surface area contributed by atoms with E-state index in [1.165, 1.54) is 11.1 Å². The van der Waals surface area contributed by atoms with Crippen LogP contribution in [0.3, 0.4) is 0 Å². The molecule has 0 amide bonds. The largest absolute Gasteiger partial charge is 0.490 e. The van der Waals surface area contributed by atoms with Gasteiger partial charge in [0.15, 0.2) is 0 Å². The number of rotatable bonds is 7. The molecule has 1 unspecified atom stereocenters. The van der Waals surface area contributed by atoms with Crippen LogP contribution in [0, 0.1) is 6.92 Å². The van der Waals surface area contributed by atoms with E-state index in [1.54, 1.807) is 0 Å². The molecule has 1 aromatic carbocycles. The summed E-state index contributed by atoms with van der Waals surface area (Å²) in [7, 11) is 0. The van der Waals surface area contributed by atoms with Crippen molar-refractivity contribution in [1.29, 1.82) is 0 Å². The van der Waals surface area contributed by atoms with Crippen molar-refractivity contribution in [2.75, 3.05) is 6.54 Å². The van der Waals surface area contributed by atoms with Crippen molar-refractivity contribution < 1.29 is 4.74 Å². The van der Waals surface area contributed by atoms with Crippen molar-refractivity contribution in [1.82, 2.24) is 5.32 Å². The maximum Gasteiger partial charge on any atom is 0.127 e. The minimum absolute atomic E-state index is 0.279. The van der Waals surface area contributed by atoms with Gasteiger partial charge in [0.1, 0.15) is 5.75 Å². The van der Waals surface area contributed by atoms with Gasteiger partial charge in [-0.2, -0.15) is 0 Å². The van der Waals surface area contributed by atoms with Crippen LogP contribution < -0.4 is 10.1 Å². The first-order valence-corrected chi connectivity index (χ1v) is 6.64. The zero-order valence-corrected chi connectivity index (χ0v) is 11.5. The molecule has 96 valence electrons. The quantitative estimate of drug-likeness (QED) is 0.728. The highest BCUT2D eigenvalue weighted by molar-refractivity contribution is 5.40. The lowest BCUT2D eigenvalue weighted by molar-refractivity contribution is 0.213. The summed E-state index contributed by atoms with van der Waals surface area (Å²) >= 11 is 0. The molecule has 0 radical (unpaired) electrons. The summed E-state index contributed by atoms with van der Waals surface area (Å²) < 4.78 is 6.02. The molecule has 0 aromatic heterocycles. The third-order valence-corrected chi connectivity index (χ3v) is 2.93. The molecule has 0 spiro atoms. The van der Waals surface area contributed by atoms with Gasteiger partial charge in [0, 0.05) is 12.1 Å². The fourth-order valence-corrected chi connectivity index (χ4v) is 1.71. The van der Waals surface area contributed by atoms with Crippen LogP contribution in [0.1, 0.15) is 44.7 Å². The molecule has 0 aliphatic heterocycles. The summed E-state index contributed by atoms with van der Waals surface area (Å²) in [6, 6.07) is 6.36. The molecular weight excluding hydrogens is 210 g/mol. The number of hydrogen-bond acceptors (Lipinski definition) is 2. The second kappa shape index (κ2) is 7.33. The van der Waals surface area contributed by atoms with Crippen LogP contribution in [-0.2, 0) is 6.54 Å². The van der Waals surface area contributed by atoms with Crippen LogP contribution in [0.2, 0.25) is 0 Å². The first kappa shape index (κ1) is 14.0. The van der Waals surface area contributed by atoms with Crippen LogP contribution in [0.5, 0.6) is 5.75 Å². The molecule has 0 fully saturated rings. The Morgan fingerprint density at radius 2 is 2.06 bits per heavy atom. The predicted molar refractivity (Wildman–Crippen MR) is 73.6 cm³/mol. The van der Waals surface area contributed by atoms with Gasteiger partial charge < -0.3 is 10.1 Å². The summed E-state index contributed by atoms with van der Waals surface area (Å²) in [4.78, 5) is 0. The first-order chi connectivity index (χ1) is 8.19. The van der Waals surface area contributed by atoms with E-state index in [9.17, 15) is 0 Å². The lowest BCUT2D eigenvalue weighted by atomic mass is 10.1. The normalized spacial score (nSPS) is 12.5. The van der Waals surface area contributed by atoms with Crippen molar-refractivity contribution >= 4 is 0 Å². The van der Waals surface area contributed by atoms with Crippen LogP contribution in [0.15, 0.2) is 18.2 Å². The van der Waals surface area contributed by atoms with E-state index in [0.717, 1.165) is 31.7 Å². The van der Waals surface area contributed by atoms with Crippen molar-refractivity contribution in [2.24, 2.45) is 0 Å². The highest BCUT2D eigenvalue weighted by atomic mass is 16.5. The van der Waals surface area contributed by atoms with Crippen LogP contribution in [0.25, 0.3) is 0 Å². The Hall–Kier alpha value is -1.02. The average Bonchev–Trinajstić information content (AvgIpc) is 2.33. The first-order valence-electron chi connectivity index (χ1n) is 6.64. The highest BCUT2D eigenvalue weighted by Gasteiger charge is 2.09. The Labute approximate surface area is 105 Å². The summed E-state index contributed by atoms with van der Waals surface area (Å²) in [5, 5.41) is 3.43. The van der Waals surface area contributed by atoms with E-state index < -0.39 is 0 Å². The van der Waals surface area contributed by atoms with E-state index in [2.05, 4.69) is 51.2 Å². The summed E-state index contributed by atoms with van der Waals surface area (Å²) in [6.45, 7) is 10.5. The molecule has 0 saturated carbocycles. The van der Waals surface area contributed by atoms with Crippen molar-refractivity contribution in [3.8, 4) is 5.75 Å². The zero-order valence-electron chi connectivity index (χ0n) is 11.5. The number of nitrogens with one attached hydrogen (secondary N) is 1. The van der Waals surface area contributed by atoms with Gasteiger partial charge in [-0.25, -0.2) is 0 Å². The Morgan fingerprint density at radius 1 is 1.29 bits per heavy atom. The number of para-hydroxylation sites is 1. The van der Waals surface area contributed by atoms with Crippen LogP contribution >= 0.6 is 0 Å². The molecular formula is C15H25NO. The van der Waals surface area contributed by atoms with E-state index in [-0.39, 0.29) is 6.10 Å². The Morgan fingerprint density at radius 3 is 2.71 bits per heavy atom. The van der Waals surface area contributed by atoms with Crippen molar-refractivity contribution in [3.05, 3.63) is 29.3 Å². The van der Waals surface area contributed by atoms with Crippen molar-refractivity contribution in [3.63, 3.8) is 0 Å². The van der Waals surface area contributed by atoms with Gasteiger partial charge in [-0.05, 0) is 38.8 Å². The molecule has 0 bridgehead atoms. The second-order valence-corrected chi connectivity index (χ2v) is 4.58. The fraction of sp³-hybridized carbons (Fsp3) is 0.600. The van der Waals surface area contributed by atoms with E-state index >= 15 is 0 Å². The Bertz CT molecular complexity index is 336. The molecule has 0 heterocycles.